The molecule has 7 nitrogen and oxygen atoms in total. The third-order valence-corrected chi connectivity index (χ3v) is 6.62. The first-order chi connectivity index (χ1) is 15.2. The number of halogens is 3. The van der Waals surface area contributed by atoms with E-state index in [1.807, 2.05) is 0 Å². The minimum Gasteiger partial charge on any atom is -0.503 e. The lowest BCUT2D eigenvalue weighted by Gasteiger charge is -2.41. The Kier molecular flexibility index (Phi) is 4.44. The molecule has 3 heterocycles. The van der Waals surface area contributed by atoms with Crippen molar-refractivity contribution in [3.8, 4) is 5.75 Å². The molecular formula is C22H18F3N3O4. The summed E-state index contributed by atoms with van der Waals surface area (Å²) in [6.07, 6.45) is 2.64. The van der Waals surface area contributed by atoms with Crippen molar-refractivity contribution in [1.82, 2.24) is 14.8 Å². The van der Waals surface area contributed by atoms with Crippen LogP contribution < -0.4 is 10.7 Å². The number of hydrogen-bond acceptors (Lipinski definition) is 4. The number of aromatic hydroxyl groups is 1. The average molecular weight is 445 g/mol. The molecule has 5 rings (SSSR count). The molecule has 0 unspecified atom stereocenters. The van der Waals surface area contributed by atoms with Gasteiger partial charge in [0.1, 0.15) is 23.0 Å². The first-order valence-electron chi connectivity index (χ1n) is 10.1. The van der Waals surface area contributed by atoms with E-state index in [2.05, 4.69) is 11.9 Å². The van der Waals surface area contributed by atoms with Crippen LogP contribution in [0.5, 0.6) is 5.75 Å². The molecule has 2 fully saturated rings. The van der Waals surface area contributed by atoms with Gasteiger partial charge in [-0.05, 0) is 12.8 Å². The molecule has 166 valence electrons. The summed E-state index contributed by atoms with van der Waals surface area (Å²) in [7, 11) is 0. The molecule has 2 N–H and O–H groups in total. The number of piperidine rings is 1. The highest BCUT2D eigenvalue weighted by atomic mass is 19.1. The van der Waals surface area contributed by atoms with Gasteiger partial charge < -0.3 is 19.9 Å². The Morgan fingerprint density at radius 1 is 1.22 bits per heavy atom. The van der Waals surface area contributed by atoms with Gasteiger partial charge in [-0.3, -0.25) is 14.4 Å². The Labute approximate surface area is 179 Å². The molecule has 1 saturated carbocycles. The van der Waals surface area contributed by atoms with Gasteiger partial charge in [-0.1, -0.05) is 12.2 Å². The van der Waals surface area contributed by atoms with E-state index in [4.69, 9.17) is 0 Å². The molecule has 2 bridgehead atoms. The topological polar surface area (TPSA) is 91.6 Å². The number of nitrogens with zero attached hydrogens (tertiary/aromatic N) is 2. The van der Waals surface area contributed by atoms with Crippen LogP contribution in [0.2, 0.25) is 0 Å². The summed E-state index contributed by atoms with van der Waals surface area (Å²) in [5.41, 5.74) is -1.24. The number of pyridine rings is 1. The molecule has 32 heavy (non-hydrogen) atoms. The largest absolute Gasteiger partial charge is 0.503 e. The van der Waals surface area contributed by atoms with E-state index >= 15 is 0 Å². The van der Waals surface area contributed by atoms with Gasteiger partial charge in [-0.15, -0.1) is 0 Å². The van der Waals surface area contributed by atoms with Crippen molar-refractivity contribution in [1.29, 1.82) is 0 Å². The van der Waals surface area contributed by atoms with Crippen LogP contribution in [-0.2, 0) is 13.1 Å². The average Bonchev–Trinajstić information content (AvgIpc) is 3.26. The Balaban J connectivity index is 1.45. The Morgan fingerprint density at radius 3 is 2.59 bits per heavy atom. The zero-order valence-corrected chi connectivity index (χ0v) is 16.7. The summed E-state index contributed by atoms with van der Waals surface area (Å²) in [4.78, 5) is 39.9. The van der Waals surface area contributed by atoms with Gasteiger partial charge in [0, 0.05) is 48.9 Å². The molecule has 3 aliphatic rings. The molecule has 2 amide bonds. The van der Waals surface area contributed by atoms with Crippen molar-refractivity contribution in [2.45, 2.75) is 38.0 Å². The predicted octanol–water partition coefficient (Wildman–Crippen LogP) is 2.07. The van der Waals surface area contributed by atoms with Crippen LogP contribution in [0, 0.1) is 23.4 Å². The smallest absolute Gasteiger partial charge is 0.275 e. The van der Waals surface area contributed by atoms with E-state index in [0.717, 1.165) is 12.0 Å². The van der Waals surface area contributed by atoms with Crippen molar-refractivity contribution in [2.75, 3.05) is 0 Å². The fourth-order valence-electron chi connectivity index (χ4n) is 5.14. The summed E-state index contributed by atoms with van der Waals surface area (Å²) < 4.78 is 42.1. The maximum absolute atomic E-state index is 13.8. The highest BCUT2D eigenvalue weighted by Gasteiger charge is 2.53. The molecule has 2 aromatic rings. The summed E-state index contributed by atoms with van der Waals surface area (Å²) in [6.45, 7) is 3.70. The van der Waals surface area contributed by atoms with Crippen molar-refractivity contribution in [3.63, 3.8) is 0 Å². The second kappa shape index (κ2) is 6.98. The number of rotatable bonds is 3. The molecule has 0 radical (unpaired) electrons. The number of benzene rings is 1. The van der Waals surface area contributed by atoms with Crippen molar-refractivity contribution in [2.24, 2.45) is 5.92 Å². The van der Waals surface area contributed by atoms with Gasteiger partial charge in [0.2, 0.25) is 5.43 Å². The van der Waals surface area contributed by atoms with E-state index in [0.29, 0.717) is 18.6 Å². The maximum atomic E-state index is 13.8. The third kappa shape index (κ3) is 2.85. The van der Waals surface area contributed by atoms with Gasteiger partial charge in [-0.2, -0.15) is 0 Å². The Bertz CT molecular complexity index is 1250. The van der Waals surface area contributed by atoms with Gasteiger partial charge in [0.05, 0.1) is 6.04 Å². The highest BCUT2D eigenvalue weighted by Crippen LogP contribution is 2.48. The Hall–Kier alpha value is -3.56. The molecule has 2 aliphatic heterocycles. The molecular weight excluding hydrogens is 427 g/mol. The molecule has 1 aliphatic carbocycles. The summed E-state index contributed by atoms with van der Waals surface area (Å²) in [5, 5.41) is 12.7. The van der Waals surface area contributed by atoms with Crippen LogP contribution in [-0.4, -0.2) is 38.5 Å². The van der Waals surface area contributed by atoms with Gasteiger partial charge in [0.25, 0.3) is 11.8 Å². The lowest BCUT2D eigenvalue weighted by Crippen LogP contribution is -2.52. The highest BCUT2D eigenvalue weighted by molar-refractivity contribution is 5.99. The molecule has 0 spiro atoms. The molecule has 3 atom stereocenters. The molecule has 10 heteroatoms. The van der Waals surface area contributed by atoms with E-state index in [1.165, 1.54) is 10.8 Å². The standard InChI is InChI=1S/C22H18F3N3O4/c1-9-2-11-5-12(9)17-8-27-7-14(19(29)20(30)18(27)22(32)28(11)17)21(31)26-6-13-15(24)3-10(23)4-16(13)25/h3-4,7,11-12,17,30H,1-2,5-6,8H2,(H,26,31)/t11-,12-,17-/m0/s1. The quantitative estimate of drug-likeness (QED) is 0.708. The molecule has 1 saturated heterocycles. The van der Waals surface area contributed by atoms with Crippen LogP contribution in [0.4, 0.5) is 13.2 Å². The summed E-state index contributed by atoms with van der Waals surface area (Å²) >= 11 is 0. The zero-order chi connectivity index (χ0) is 22.9. The number of hydrogen-bond donors (Lipinski definition) is 2. The molecule has 1 aromatic carbocycles. The lowest BCUT2D eigenvalue weighted by atomic mass is 9.92. The number of carbonyl (C=O) groups is 2. The fourth-order valence-corrected chi connectivity index (χ4v) is 5.14. The van der Waals surface area contributed by atoms with Gasteiger partial charge in [-0.25, -0.2) is 13.2 Å². The number of fused-ring (bicyclic) bond motifs is 6. The number of aromatic nitrogens is 1. The monoisotopic (exact) mass is 445 g/mol. The SMILES string of the molecule is C=C1C[C@H]2C[C@@H]1[C@@H]1Cn3cc(C(=O)NCc4c(F)cc(F)cc4F)c(=O)c(O)c3C(=O)N21. The second-order valence-electron chi connectivity index (χ2n) is 8.39. The van der Waals surface area contributed by atoms with Crippen molar-refractivity contribution in [3.05, 3.63) is 75.0 Å². The van der Waals surface area contributed by atoms with E-state index in [-0.39, 0.29) is 30.2 Å². The van der Waals surface area contributed by atoms with Gasteiger partial charge in [0.15, 0.2) is 11.4 Å². The van der Waals surface area contributed by atoms with E-state index in [9.17, 15) is 32.7 Å². The first-order valence-corrected chi connectivity index (χ1v) is 10.1. The Morgan fingerprint density at radius 2 is 1.91 bits per heavy atom. The number of nitrogens with one attached hydrogen (secondary N) is 1. The normalized spacial score (nSPS) is 23.3. The molecule has 1 aromatic heterocycles. The summed E-state index contributed by atoms with van der Waals surface area (Å²) in [5.74, 6) is -5.67. The lowest BCUT2D eigenvalue weighted by molar-refractivity contribution is 0.0528. The van der Waals surface area contributed by atoms with Crippen LogP contribution >= 0.6 is 0 Å². The summed E-state index contributed by atoms with van der Waals surface area (Å²) in [6, 6.07) is 0.758. The predicted molar refractivity (Wildman–Crippen MR) is 105 cm³/mol. The van der Waals surface area contributed by atoms with Crippen LogP contribution in [0.3, 0.4) is 0 Å². The van der Waals surface area contributed by atoms with Gasteiger partial charge >= 0.3 is 0 Å². The van der Waals surface area contributed by atoms with Crippen LogP contribution in [0.1, 0.15) is 39.3 Å². The fraction of sp³-hybridized carbons (Fsp3) is 0.318. The second-order valence-corrected chi connectivity index (χ2v) is 8.39. The number of amides is 2. The third-order valence-electron chi connectivity index (χ3n) is 6.62. The first kappa shape index (κ1) is 20.3. The number of carbonyl (C=O) groups excluding carboxylic acids is 2. The van der Waals surface area contributed by atoms with Crippen LogP contribution in [0.15, 0.2) is 35.3 Å². The maximum Gasteiger partial charge on any atom is 0.275 e. The van der Waals surface area contributed by atoms with Crippen LogP contribution in [0.25, 0.3) is 0 Å². The zero-order valence-electron chi connectivity index (χ0n) is 16.7. The van der Waals surface area contributed by atoms with E-state index < -0.39 is 58.1 Å². The minimum absolute atomic E-state index is 0.0169. The van der Waals surface area contributed by atoms with Crippen molar-refractivity contribution >= 4 is 11.8 Å². The van der Waals surface area contributed by atoms with Crippen molar-refractivity contribution < 1.29 is 27.9 Å². The van der Waals surface area contributed by atoms with E-state index in [1.54, 1.807) is 4.90 Å². The minimum atomic E-state index is -1.19.